The van der Waals surface area contributed by atoms with Gasteiger partial charge < -0.3 is 4.90 Å². The van der Waals surface area contributed by atoms with Crippen molar-refractivity contribution in [1.82, 2.24) is 9.88 Å². The first-order valence-corrected chi connectivity index (χ1v) is 12.0. The molecule has 1 heterocycles. The summed E-state index contributed by atoms with van der Waals surface area (Å²) in [5.74, 6) is 1.04. The number of benzene rings is 2. The van der Waals surface area contributed by atoms with Crippen molar-refractivity contribution in [3.63, 3.8) is 0 Å². The molecule has 0 unspecified atom stereocenters. The Morgan fingerprint density at radius 1 is 1.03 bits per heavy atom. The molecule has 0 spiro atoms. The predicted molar refractivity (Wildman–Crippen MR) is 127 cm³/mol. The van der Waals surface area contributed by atoms with E-state index in [0.29, 0.717) is 12.1 Å². The van der Waals surface area contributed by atoms with Crippen molar-refractivity contribution in [3.8, 4) is 0 Å². The summed E-state index contributed by atoms with van der Waals surface area (Å²) in [7, 11) is 0. The van der Waals surface area contributed by atoms with Crippen LogP contribution < -0.4 is 4.90 Å². The SMILES string of the molecule is CCSc1ccc(C(=O)N(CCN(CC)CC)c2nc3ccc(C)cc3s2)cc1. The summed E-state index contributed by atoms with van der Waals surface area (Å²) in [5.41, 5.74) is 2.86. The van der Waals surface area contributed by atoms with Crippen LogP contribution in [-0.4, -0.2) is 47.7 Å². The number of aromatic nitrogens is 1. The van der Waals surface area contributed by atoms with Gasteiger partial charge in [0, 0.05) is 23.5 Å². The second kappa shape index (κ2) is 10.2. The summed E-state index contributed by atoms with van der Waals surface area (Å²) in [6.45, 7) is 11.9. The van der Waals surface area contributed by atoms with Crippen molar-refractivity contribution in [2.45, 2.75) is 32.6 Å². The number of amides is 1. The minimum atomic E-state index is 0.0148. The second-order valence-corrected chi connectivity index (χ2v) is 9.26. The van der Waals surface area contributed by atoms with Gasteiger partial charge in [-0.05, 0) is 67.7 Å². The molecule has 0 bridgehead atoms. The normalized spacial score (nSPS) is 11.3. The van der Waals surface area contributed by atoms with Gasteiger partial charge in [0.2, 0.25) is 0 Å². The third-order valence-electron chi connectivity index (χ3n) is 4.96. The van der Waals surface area contributed by atoms with Crippen LogP contribution in [0.2, 0.25) is 0 Å². The van der Waals surface area contributed by atoms with Crippen LogP contribution in [0.1, 0.15) is 36.7 Å². The number of anilines is 1. The van der Waals surface area contributed by atoms with E-state index in [1.54, 1.807) is 23.1 Å². The molecule has 3 rings (SSSR count). The van der Waals surface area contributed by atoms with Crippen LogP contribution in [0.3, 0.4) is 0 Å². The van der Waals surface area contributed by atoms with Crippen molar-refractivity contribution < 1.29 is 4.79 Å². The molecular formula is C23H29N3OS2. The van der Waals surface area contributed by atoms with Gasteiger partial charge in [0.05, 0.1) is 10.2 Å². The minimum Gasteiger partial charge on any atom is -0.302 e. The lowest BCUT2D eigenvalue weighted by molar-refractivity contribution is 0.0983. The molecule has 154 valence electrons. The Hall–Kier alpha value is -1.89. The number of thiazole rings is 1. The van der Waals surface area contributed by atoms with Crippen LogP contribution in [-0.2, 0) is 0 Å². The average molecular weight is 428 g/mol. The molecule has 0 aliphatic carbocycles. The zero-order valence-corrected chi connectivity index (χ0v) is 19.3. The lowest BCUT2D eigenvalue weighted by atomic mass is 10.2. The van der Waals surface area contributed by atoms with Crippen molar-refractivity contribution in [3.05, 3.63) is 53.6 Å². The maximum atomic E-state index is 13.4. The smallest absolute Gasteiger partial charge is 0.260 e. The average Bonchev–Trinajstić information content (AvgIpc) is 3.14. The first kappa shape index (κ1) is 21.8. The van der Waals surface area contributed by atoms with Gasteiger partial charge in [-0.15, -0.1) is 11.8 Å². The third-order valence-corrected chi connectivity index (χ3v) is 6.89. The number of rotatable bonds is 9. The predicted octanol–water partition coefficient (Wildman–Crippen LogP) is 5.71. The van der Waals surface area contributed by atoms with Crippen LogP contribution in [0, 0.1) is 6.92 Å². The zero-order chi connectivity index (χ0) is 20.8. The Bertz CT molecular complexity index is 948. The van der Waals surface area contributed by atoms with Crippen molar-refractivity contribution in [1.29, 1.82) is 0 Å². The largest absolute Gasteiger partial charge is 0.302 e. The van der Waals surface area contributed by atoms with E-state index >= 15 is 0 Å². The molecule has 0 N–H and O–H groups in total. The second-order valence-electron chi connectivity index (χ2n) is 6.91. The molecule has 1 aromatic heterocycles. The molecule has 2 aromatic carbocycles. The van der Waals surface area contributed by atoms with E-state index in [-0.39, 0.29) is 5.91 Å². The number of thioether (sulfide) groups is 1. The number of nitrogens with zero attached hydrogens (tertiary/aromatic N) is 3. The highest BCUT2D eigenvalue weighted by Gasteiger charge is 2.22. The number of carbonyl (C=O) groups is 1. The molecule has 0 saturated carbocycles. The van der Waals surface area contributed by atoms with Gasteiger partial charge in [0.15, 0.2) is 5.13 Å². The number of carbonyl (C=O) groups excluding carboxylic acids is 1. The maximum absolute atomic E-state index is 13.4. The van der Waals surface area contributed by atoms with E-state index in [1.807, 2.05) is 35.2 Å². The van der Waals surface area contributed by atoms with Gasteiger partial charge >= 0.3 is 0 Å². The summed E-state index contributed by atoms with van der Waals surface area (Å²) in [6.07, 6.45) is 0. The molecular weight excluding hydrogens is 398 g/mol. The van der Waals surface area contributed by atoms with E-state index in [2.05, 4.69) is 44.7 Å². The van der Waals surface area contributed by atoms with Crippen LogP contribution in [0.25, 0.3) is 10.2 Å². The first-order valence-electron chi connectivity index (χ1n) is 10.2. The first-order chi connectivity index (χ1) is 14.0. The number of fused-ring (bicyclic) bond motifs is 1. The lowest BCUT2D eigenvalue weighted by Crippen LogP contribution is -2.38. The fourth-order valence-electron chi connectivity index (χ4n) is 3.22. The topological polar surface area (TPSA) is 36.4 Å². The highest BCUT2D eigenvalue weighted by Crippen LogP contribution is 2.30. The number of aryl methyl sites for hydroxylation is 1. The summed E-state index contributed by atoms with van der Waals surface area (Å²) >= 11 is 3.38. The molecule has 0 atom stereocenters. The maximum Gasteiger partial charge on any atom is 0.260 e. The highest BCUT2D eigenvalue weighted by atomic mass is 32.2. The molecule has 4 nitrogen and oxygen atoms in total. The Labute approximate surface area is 181 Å². The van der Waals surface area contributed by atoms with Crippen molar-refractivity contribution in [2.75, 3.05) is 36.8 Å². The summed E-state index contributed by atoms with van der Waals surface area (Å²) in [4.78, 5) is 23.6. The molecule has 0 fully saturated rings. The number of likely N-dealkylation sites (N-methyl/N-ethyl adjacent to an activating group) is 1. The van der Waals surface area contributed by atoms with E-state index in [1.165, 1.54) is 10.5 Å². The van der Waals surface area contributed by atoms with Crippen molar-refractivity contribution in [2.24, 2.45) is 0 Å². The lowest BCUT2D eigenvalue weighted by Gasteiger charge is -2.24. The summed E-state index contributed by atoms with van der Waals surface area (Å²) in [6, 6.07) is 14.2. The van der Waals surface area contributed by atoms with Crippen LogP contribution in [0.5, 0.6) is 0 Å². The monoisotopic (exact) mass is 427 g/mol. The molecule has 3 aromatic rings. The van der Waals surface area contributed by atoms with E-state index in [0.717, 1.165) is 40.7 Å². The molecule has 1 amide bonds. The quantitative estimate of drug-likeness (QED) is 0.410. The van der Waals surface area contributed by atoms with Gasteiger partial charge in [0.1, 0.15) is 0 Å². The van der Waals surface area contributed by atoms with Gasteiger partial charge in [-0.3, -0.25) is 9.69 Å². The fourth-order valence-corrected chi connectivity index (χ4v) is 4.97. The molecule has 0 aliphatic heterocycles. The van der Waals surface area contributed by atoms with Crippen LogP contribution in [0.4, 0.5) is 5.13 Å². The Kier molecular flexibility index (Phi) is 7.70. The Morgan fingerprint density at radius 2 is 1.76 bits per heavy atom. The Balaban J connectivity index is 1.91. The summed E-state index contributed by atoms with van der Waals surface area (Å²) < 4.78 is 1.12. The van der Waals surface area contributed by atoms with E-state index in [9.17, 15) is 4.79 Å². The van der Waals surface area contributed by atoms with Gasteiger partial charge in [0.25, 0.3) is 5.91 Å². The van der Waals surface area contributed by atoms with E-state index in [4.69, 9.17) is 4.98 Å². The minimum absolute atomic E-state index is 0.0148. The van der Waals surface area contributed by atoms with E-state index < -0.39 is 0 Å². The van der Waals surface area contributed by atoms with Crippen LogP contribution >= 0.6 is 23.1 Å². The zero-order valence-electron chi connectivity index (χ0n) is 17.6. The Morgan fingerprint density at radius 3 is 2.41 bits per heavy atom. The molecule has 6 heteroatoms. The van der Waals surface area contributed by atoms with Crippen LogP contribution in [0.15, 0.2) is 47.4 Å². The highest BCUT2D eigenvalue weighted by molar-refractivity contribution is 7.99. The number of hydrogen-bond acceptors (Lipinski definition) is 5. The summed E-state index contributed by atoms with van der Waals surface area (Å²) in [5, 5.41) is 0.773. The molecule has 0 radical (unpaired) electrons. The number of hydrogen-bond donors (Lipinski definition) is 0. The van der Waals surface area contributed by atoms with Crippen molar-refractivity contribution >= 4 is 44.4 Å². The standard InChI is InChI=1S/C23H29N3OS2/c1-5-25(6-2)14-15-26(22(27)18-9-11-19(12-10-18)28-7-3)23-24-20-13-8-17(4)16-21(20)29-23/h8-13,16H,5-7,14-15H2,1-4H3. The third kappa shape index (κ3) is 5.38. The molecule has 29 heavy (non-hydrogen) atoms. The fraction of sp³-hybridized carbons (Fsp3) is 0.391. The molecule has 0 aliphatic rings. The van der Waals surface area contributed by atoms with Gasteiger partial charge in [-0.1, -0.05) is 38.2 Å². The van der Waals surface area contributed by atoms with Gasteiger partial charge in [-0.25, -0.2) is 4.98 Å². The van der Waals surface area contributed by atoms with Gasteiger partial charge in [-0.2, -0.15) is 0 Å². The molecule has 0 saturated heterocycles.